The molecule has 1 heterocycles. The third-order valence-corrected chi connectivity index (χ3v) is 3.33. The lowest BCUT2D eigenvalue weighted by atomic mass is 10.1. The Hall–Kier alpha value is -1.41. The fourth-order valence-electron chi connectivity index (χ4n) is 1.54. The van der Waals surface area contributed by atoms with Crippen molar-refractivity contribution in [2.45, 2.75) is 25.6 Å². The zero-order chi connectivity index (χ0) is 15.1. The molecule has 0 saturated carbocycles. The van der Waals surface area contributed by atoms with E-state index in [0.717, 1.165) is 6.07 Å². The molecule has 0 amide bonds. The monoisotopic (exact) mass is 349 g/mol. The minimum atomic E-state index is -4.46. The van der Waals surface area contributed by atoms with Gasteiger partial charge in [0.1, 0.15) is 11.3 Å². The van der Waals surface area contributed by atoms with Crippen LogP contribution in [0, 0.1) is 0 Å². The molecular weight excluding hydrogens is 339 g/mol. The van der Waals surface area contributed by atoms with Crippen molar-refractivity contribution in [2.24, 2.45) is 0 Å². The molecule has 1 aromatic heterocycles. The predicted molar refractivity (Wildman–Crippen MR) is 69.3 cm³/mol. The Bertz CT molecular complexity index is 632. The van der Waals surface area contributed by atoms with E-state index in [0.29, 0.717) is 0 Å². The molecule has 0 atom stereocenters. The molecule has 0 bridgehead atoms. The van der Waals surface area contributed by atoms with E-state index in [1.807, 2.05) is 0 Å². The second-order valence-electron chi connectivity index (χ2n) is 4.77. The molecule has 0 aliphatic carbocycles. The summed E-state index contributed by atoms with van der Waals surface area (Å²) in [4.78, 5) is 0. The molecule has 0 radical (unpaired) electrons. The summed E-state index contributed by atoms with van der Waals surface area (Å²) in [6, 6.07) is 3.73. The van der Waals surface area contributed by atoms with Gasteiger partial charge in [-0.2, -0.15) is 13.2 Å². The highest BCUT2D eigenvalue weighted by atomic mass is 79.9. The van der Waals surface area contributed by atoms with E-state index in [9.17, 15) is 18.3 Å². The molecule has 1 N–H and O–H groups in total. The van der Waals surface area contributed by atoms with Gasteiger partial charge in [-0.1, -0.05) is 21.1 Å². The first-order valence-electron chi connectivity index (χ1n) is 5.61. The van der Waals surface area contributed by atoms with Crippen LogP contribution in [0.1, 0.15) is 25.1 Å². The lowest BCUT2D eigenvalue weighted by molar-refractivity contribution is -0.138. The molecule has 0 spiro atoms. The van der Waals surface area contributed by atoms with Crippen LogP contribution in [0.2, 0.25) is 0 Å². The lowest BCUT2D eigenvalue weighted by Crippen LogP contribution is -2.15. The van der Waals surface area contributed by atoms with E-state index >= 15 is 0 Å². The first kappa shape index (κ1) is 15.0. The maximum atomic E-state index is 12.8. The van der Waals surface area contributed by atoms with Crippen LogP contribution in [0.3, 0.4) is 0 Å². The average molecular weight is 350 g/mol. The predicted octanol–water partition coefficient (Wildman–Crippen LogP) is 3.28. The first-order chi connectivity index (χ1) is 9.09. The van der Waals surface area contributed by atoms with Gasteiger partial charge < -0.3 is 5.11 Å². The Balaban J connectivity index is 2.47. The van der Waals surface area contributed by atoms with Crippen LogP contribution in [-0.4, -0.2) is 20.1 Å². The highest BCUT2D eigenvalue weighted by Crippen LogP contribution is 2.36. The minimum Gasteiger partial charge on any atom is -0.384 e. The lowest BCUT2D eigenvalue weighted by Gasteiger charge is -2.12. The summed E-state index contributed by atoms with van der Waals surface area (Å²) < 4.78 is 39.6. The van der Waals surface area contributed by atoms with Crippen LogP contribution in [-0.2, 0) is 11.8 Å². The van der Waals surface area contributed by atoms with Gasteiger partial charge in [0, 0.05) is 4.47 Å². The fourth-order valence-corrected chi connectivity index (χ4v) is 2.01. The largest absolute Gasteiger partial charge is 0.417 e. The second-order valence-corrected chi connectivity index (χ2v) is 5.62. The fraction of sp³-hybridized carbons (Fsp3) is 0.333. The zero-order valence-electron chi connectivity index (χ0n) is 10.6. The van der Waals surface area contributed by atoms with E-state index in [4.69, 9.17) is 0 Å². The molecule has 4 nitrogen and oxygen atoms in total. The molecule has 20 heavy (non-hydrogen) atoms. The van der Waals surface area contributed by atoms with Crippen molar-refractivity contribution in [3.63, 3.8) is 0 Å². The van der Waals surface area contributed by atoms with Gasteiger partial charge in [-0.15, -0.1) is 5.10 Å². The number of nitrogens with zero attached hydrogens (tertiary/aromatic N) is 3. The van der Waals surface area contributed by atoms with Gasteiger partial charge in [0.2, 0.25) is 0 Å². The number of hydrogen-bond donors (Lipinski definition) is 1. The van der Waals surface area contributed by atoms with E-state index in [-0.39, 0.29) is 15.9 Å². The highest BCUT2D eigenvalue weighted by Gasteiger charge is 2.33. The zero-order valence-corrected chi connectivity index (χ0v) is 12.2. The van der Waals surface area contributed by atoms with Crippen molar-refractivity contribution in [2.75, 3.05) is 0 Å². The number of benzene rings is 1. The van der Waals surface area contributed by atoms with Crippen molar-refractivity contribution in [3.8, 4) is 5.69 Å². The van der Waals surface area contributed by atoms with Crippen LogP contribution >= 0.6 is 15.9 Å². The standard InChI is InChI=1S/C12H11BrF3N3O/c1-11(2,20)10-6-19(18-17-10)7-3-4-9(13)8(5-7)12(14,15)16/h3-6,20H,1-2H3. The summed E-state index contributed by atoms with van der Waals surface area (Å²) >= 11 is 2.87. The van der Waals surface area contributed by atoms with Gasteiger partial charge in [0.15, 0.2) is 0 Å². The number of rotatable bonds is 2. The van der Waals surface area contributed by atoms with Crippen molar-refractivity contribution < 1.29 is 18.3 Å². The van der Waals surface area contributed by atoms with Crippen LogP contribution in [0.5, 0.6) is 0 Å². The Morgan fingerprint density at radius 1 is 1.25 bits per heavy atom. The maximum absolute atomic E-state index is 12.8. The van der Waals surface area contributed by atoms with Crippen LogP contribution in [0.4, 0.5) is 13.2 Å². The van der Waals surface area contributed by atoms with Crippen LogP contribution < -0.4 is 0 Å². The number of hydrogen-bond acceptors (Lipinski definition) is 3. The van der Waals surface area contributed by atoms with Crippen molar-refractivity contribution in [1.82, 2.24) is 15.0 Å². The number of aromatic nitrogens is 3. The average Bonchev–Trinajstić information content (AvgIpc) is 2.77. The van der Waals surface area contributed by atoms with Gasteiger partial charge in [0.25, 0.3) is 0 Å². The molecule has 108 valence electrons. The molecule has 2 rings (SSSR count). The van der Waals surface area contributed by atoms with E-state index < -0.39 is 17.3 Å². The number of halogens is 4. The summed E-state index contributed by atoms with van der Waals surface area (Å²) in [7, 11) is 0. The Morgan fingerprint density at radius 3 is 2.40 bits per heavy atom. The van der Waals surface area contributed by atoms with Gasteiger partial charge in [0.05, 0.1) is 17.4 Å². The third-order valence-electron chi connectivity index (χ3n) is 2.64. The second kappa shape index (κ2) is 4.85. The summed E-state index contributed by atoms with van der Waals surface area (Å²) in [5.74, 6) is 0. The van der Waals surface area contributed by atoms with E-state index in [1.54, 1.807) is 0 Å². The summed E-state index contributed by atoms with van der Waals surface area (Å²) in [5.41, 5.74) is -1.52. The van der Waals surface area contributed by atoms with Gasteiger partial charge in [-0.3, -0.25) is 0 Å². The van der Waals surface area contributed by atoms with E-state index in [2.05, 4.69) is 26.2 Å². The van der Waals surface area contributed by atoms with Crippen molar-refractivity contribution >= 4 is 15.9 Å². The Morgan fingerprint density at radius 2 is 1.90 bits per heavy atom. The van der Waals surface area contributed by atoms with E-state index in [1.165, 1.54) is 36.9 Å². The first-order valence-corrected chi connectivity index (χ1v) is 6.40. The third kappa shape index (κ3) is 3.01. The topological polar surface area (TPSA) is 50.9 Å². The normalized spacial score (nSPS) is 12.8. The van der Waals surface area contributed by atoms with Crippen molar-refractivity contribution in [1.29, 1.82) is 0 Å². The molecule has 1 aromatic carbocycles. The maximum Gasteiger partial charge on any atom is 0.417 e. The molecule has 8 heteroatoms. The molecule has 0 fully saturated rings. The molecule has 2 aromatic rings. The quantitative estimate of drug-likeness (QED) is 0.905. The SMILES string of the molecule is CC(C)(O)c1cn(-c2ccc(Br)c(C(F)(F)F)c2)nn1. The van der Waals surface area contributed by atoms with Crippen LogP contribution in [0.25, 0.3) is 5.69 Å². The Labute approximate surface area is 121 Å². The minimum absolute atomic E-state index is 0.0448. The van der Waals surface area contributed by atoms with Gasteiger partial charge in [-0.25, -0.2) is 4.68 Å². The molecule has 0 saturated heterocycles. The van der Waals surface area contributed by atoms with Crippen molar-refractivity contribution in [3.05, 3.63) is 40.1 Å². The molecule has 0 unspecified atom stereocenters. The summed E-state index contributed by atoms with van der Waals surface area (Å²) in [6.07, 6.45) is -3.07. The highest BCUT2D eigenvalue weighted by molar-refractivity contribution is 9.10. The summed E-state index contributed by atoms with van der Waals surface area (Å²) in [6.45, 7) is 3.04. The van der Waals surface area contributed by atoms with Gasteiger partial charge >= 0.3 is 6.18 Å². The Kier molecular flexibility index (Phi) is 3.64. The molecule has 0 aliphatic rings. The molecule has 0 aliphatic heterocycles. The van der Waals surface area contributed by atoms with Crippen LogP contribution in [0.15, 0.2) is 28.9 Å². The number of aliphatic hydroxyl groups is 1. The smallest absolute Gasteiger partial charge is 0.384 e. The summed E-state index contributed by atoms with van der Waals surface area (Å²) in [5, 5.41) is 17.3. The van der Waals surface area contributed by atoms with Gasteiger partial charge in [-0.05, 0) is 32.0 Å². The molecular formula is C12H11BrF3N3O. The number of alkyl halides is 3.